The first kappa shape index (κ1) is 12.9. The highest BCUT2D eigenvalue weighted by Crippen LogP contribution is 2.21. The van der Waals surface area contributed by atoms with E-state index in [2.05, 4.69) is 15.3 Å². The van der Waals surface area contributed by atoms with Crippen LogP contribution in [0.4, 0.5) is 5.82 Å². The van der Waals surface area contributed by atoms with Crippen LogP contribution >= 0.6 is 11.6 Å². The quantitative estimate of drug-likeness (QED) is 0.903. The van der Waals surface area contributed by atoms with Crippen LogP contribution in [0.1, 0.15) is 17.6 Å². The third-order valence-corrected chi connectivity index (χ3v) is 2.55. The molecule has 2 aromatic heterocycles. The SMILES string of the molecule is COCC(Nc1cncc(Cl)n1)c1ccc(C)o1. The van der Waals surface area contributed by atoms with Crippen molar-refractivity contribution >= 4 is 17.4 Å². The largest absolute Gasteiger partial charge is 0.464 e. The number of halogens is 1. The van der Waals surface area contributed by atoms with Crippen molar-refractivity contribution in [1.29, 1.82) is 0 Å². The summed E-state index contributed by atoms with van der Waals surface area (Å²) in [4.78, 5) is 8.09. The summed E-state index contributed by atoms with van der Waals surface area (Å²) in [6.07, 6.45) is 3.08. The van der Waals surface area contributed by atoms with Crippen molar-refractivity contribution in [2.24, 2.45) is 0 Å². The number of methoxy groups -OCH3 is 1. The molecule has 1 atom stereocenters. The lowest BCUT2D eigenvalue weighted by molar-refractivity contribution is 0.178. The van der Waals surface area contributed by atoms with Crippen LogP contribution in [0, 0.1) is 6.92 Å². The van der Waals surface area contributed by atoms with Crippen molar-refractivity contribution in [1.82, 2.24) is 9.97 Å². The molecule has 0 saturated carbocycles. The molecule has 0 spiro atoms. The maximum Gasteiger partial charge on any atom is 0.149 e. The Morgan fingerprint density at radius 2 is 2.28 bits per heavy atom. The number of ether oxygens (including phenoxy) is 1. The number of hydrogen-bond donors (Lipinski definition) is 1. The Kier molecular flexibility index (Phi) is 4.17. The van der Waals surface area contributed by atoms with Crippen molar-refractivity contribution in [2.75, 3.05) is 19.0 Å². The van der Waals surface area contributed by atoms with E-state index in [4.69, 9.17) is 20.8 Å². The van der Waals surface area contributed by atoms with Crippen LogP contribution in [0.15, 0.2) is 28.9 Å². The summed E-state index contributed by atoms with van der Waals surface area (Å²) in [5, 5.41) is 3.51. The van der Waals surface area contributed by atoms with Gasteiger partial charge in [-0.2, -0.15) is 0 Å². The van der Waals surface area contributed by atoms with Gasteiger partial charge >= 0.3 is 0 Å². The number of aryl methyl sites for hydroxylation is 1. The van der Waals surface area contributed by atoms with Crippen molar-refractivity contribution in [3.05, 3.63) is 41.2 Å². The zero-order chi connectivity index (χ0) is 13.0. The lowest BCUT2D eigenvalue weighted by Gasteiger charge is -2.16. The van der Waals surface area contributed by atoms with Gasteiger partial charge in [0.1, 0.15) is 28.5 Å². The standard InChI is InChI=1S/C12H14ClN3O2/c1-8-3-4-10(18-8)9(7-17-2)15-12-6-14-5-11(13)16-12/h3-6,9H,7H2,1-2H3,(H,15,16). The number of nitrogens with one attached hydrogen (secondary N) is 1. The number of rotatable bonds is 5. The fourth-order valence-electron chi connectivity index (χ4n) is 1.59. The van der Waals surface area contributed by atoms with Crippen molar-refractivity contribution < 1.29 is 9.15 Å². The van der Waals surface area contributed by atoms with Gasteiger partial charge in [-0.05, 0) is 19.1 Å². The van der Waals surface area contributed by atoms with E-state index in [-0.39, 0.29) is 6.04 Å². The first-order valence-electron chi connectivity index (χ1n) is 5.48. The minimum absolute atomic E-state index is 0.128. The number of hydrogen-bond acceptors (Lipinski definition) is 5. The summed E-state index contributed by atoms with van der Waals surface area (Å²) < 4.78 is 10.7. The number of nitrogens with zero attached hydrogens (tertiary/aromatic N) is 2. The van der Waals surface area contributed by atoms with E-state index in [0.717, 1.165) is 11.5 Å². The van der Waals surface area contributed by atoms with Crippen LogP contribution in [-0.4, -0.2) is 23.7 Å². The van der Waals surface area contributed by atoms with Crippen molar-refractivity contribution in [3.63, 3.8) is 0 Å². The summed E-state index contributed by atoms with van der Waals surface area (Å²) >= 11 is 5.79. The summed E-state index contributed by atoms with van der Waals surface area (Å²) in [5.74, 6) is 2.22. The predicted molar refractivity (Wildman–Crippen MR) is 68.7 cm³/mol. The van der Waals surface area contributed by atoms with E-state index in [1.807, 2.05) is 19.1 Å². The molecule has 0 fully saturated rings. The molecule has 2 rings (SSSR count). The van der Waals surface area contributed by atoms with Gasteiger partial charge in [-0.1, -0.05) is 11.6 Å². The lowest BCUT2D eigenvalue weighted by Crippen LogP contribution is -2.16. The molecule has 0 aliphatic heterocycles. The number of furan rings is 1. The highest BCUT2D eigenvalue weighted by Gasteiger charge is 2.15. The van der Waals surface area contributed by atoms with Gasteiger partial charge in [-0.3, -0.25) is 4.98 Å². The summed E-state index contributed by atoms with van der Waals surface area (Å²) in [7, 11) is 1.63. The molecule has 2 heterocycles. The normalized spacial score (nSPS) is 12.4. The predicted octanol–water partition coefficient (Wildman–Crippen LogP) is 2.83. The number of aromatic nitrogens is 2. The molecule has 0 bridgehead atoms. The summed E-state index contributed by atoms with van der Waals surface area (Å²) in [6, 6.07) is 3.68. The Labute approximate surface area is 110 Å². The molecule has 0 saturated heterocycles. The molecule has 0 radical (unpaired) electrons. The molecule has 96 valence electrons. The van der Waals surface area contributed by atoms with Gasteiger partial charge in [-0.25, -0.2) is 4.98 Å². The van der Waals surface area contributed by atoms with Crippen LogP contribution in [-0.2, 0) is 4.74 Å². The zero-order valence-corrected chi connectivity index (χ0v) is 10.9. The maximum atomic E-state index is 5.79. The van der Waals surface area contributed by atoms with E-state index >= 15 is 0 Å². The Morgan fingerprint density at radius 1 is 1.44 bits per heavy atom. The van der Waals surface area contributed by atoms with Crippen LogP contribution in [0.2, 0.25) is 5.15 Å². The van der Waals surface area contributed by atoms with E-state index in [9.17, 15) is 0 Å². The number of anilines is 1. The monoisotopic (exact) mass is 267 g/mol. The fourth-order valence-corrected chi connectivity index (χ4v) is 1.74. The van der Waals surface area contributed by atoms with E-state index < -0.39 is 0 Å². The Balaban J connectivity index is 2.16. The first-order valence-corrected chi connectivity index (χ1v) is 5.86. The first-order chi connectivity index (χ1) is 8.69. The van der Waals surface area contributed by atoms with Gasteiger partial charge in [0.25, 0.3) is 0 Å². The van der Waals surface area contributed by atoms with Gasteiger partial charge in [0.2, 0.25) is 0 Å². The third kappa shape index (κ3) is 3.21. The smallest absolute Gasteiger partial charge is 0.149 e. The lowest BCUT2D eigenvalue weighted by atomic mass is 10.2. The molecule has 0 amide bonds. The molecule has 1 N–H and O–H groups in total. The Morgan fingerprint density at radius 3 is 2.89 bits per heavy atom. The highest BCUT2D eigenvalue weighted by molar-refractivity contribution is 6.29. The molecule has 1 unspecified atom stereocenters. The van der Waals surface area contributed by atoms with Gasteiger partial charge < -0.3 is 14.5 Å². The molecule has 6 heteroatoms. The van der Waals surface area contributed by atoms with Crippen LogP contribution in [0.25, 0.3) is 0 Å². The minimum Gasteiger partial charge on any atom is -0.464 e. The molecule has 0 aromatic carbocycles. The summed E-state index contributed by atoms with van der Waals surface area (Å²) in [5.41, 5.74) is 0. The topological polar surface area (TPSA) is 60.2 Å². The van der Waals surface area contributed by atoms with Gasteiger partial charge in [0.05, 0.1) is 19.0 Å². The van der Waals surface area contributed by atoms with Gasteiger partial charge in [-0.15, -0.1) is 0 Å². The third-order valence-electron chi connectivity index (χ3n) is 2.37. The molecule has 0 aliphatic rings. The highest BCUT2D eigenvalue weighted by atomic mass is 35.5. The average molecular weight is 268 g/mol. The van der Waals surface area contributed by atoms with Gasteiger partial charge in [0.15, 0.2) is 0 Å². The fraction of sp³-hybridized carbons (Fsp3) is 0.333. The Bertz CT molecular complexity index is 516. The van der Waals surface area contributed by atoms with Crippen LogP contribution in [0.5, 0.6) is 0 Å². The van der Waals surface area contributed by atoms with Crippen molar-refractivity contribution in [3.8, 4) is 0 Å². The van der Waals surface area contributed by atoms with E-state index in [1.54, 1.807) is 13.3 Å². The van der Waals surface area contributed by atoms with E-state index in [1.165, 1.54) is 6.20 Å². The molecule has 5 nitrogen and oxygen atoms in total. The molecule has 2 aromatic rings. The van der Waals surface area contributed by atoms with Crippen LogP contribution < -0.4 is 5.32 Å². The molecule has 18 heavy (non-hydrogen) atoms. The second kappa shape index (κ2) is 5.84. The van der Waals surface area contributed by atoms with E-state index in [0.29, 0.717) is 17.6 Å². The second-order valence-corrected chi connectivity index (χ2v) is 4.21. The zero-order valence-electron chi connectivity index (χ0n) is 10.2. The van der Waals surface area contributed by atoms with Gasteiger partial charge in [0, 0.05) is 7.11 Å². The Hall–Kier alpha value is -1.59. The summed E-state index contributed by atoms with van der Waals surface area (Å²) in [6.45, 7) is 2.35. The molecular formula is C12H14ClN3O2. The minimum atomic E-state index is -0.128. The maximum absolute atomic E-state index is 5.79. The molecule has 0 aliphatic carbocycles. The van der Waals surface area contributed by atoms with Crippen molar-refractivity contribution in [2.45, 2.75) is 13.0 Å². The molecular weight excluding hydrogens is 254 g/mol. The van der Waals surface area contributed by atoms with Crippen LogP contribution in [0.3, 0.4) is 0 Å². The second-order valence-electron chi connectivity index (χ2n) is 3.83. The average Bonchev–Trinajstić information content (AvgIpc) is 2.75.